The summed E-state index contributed by atoms with van der Waals surface area (Å²) in [4.78, 5) is 54.6. The molecule has 7 rings (SSSR count). The van der Waals surface area contributed by atoms with E-state index < -0.39 is 29.6 Å². The minimum atomic E-state index is -1.10. The van der Waals surface area contributed by atoms with Crippen LogP contribution < -0.4 is 10.7 Å². The molecule has 2 aliphatic heterocycles. The Kier molecular flexibility index (Phi) is 12.7. The van der Waals surface area contributed by atoms with Gasteiger partial charge in [0.25, 0.3) is 5.91 Å². The van der Waals surface area contributed by atoms with E-state index in [9.17, 15) is 14.4 Å². The number of esters is 1. The van der Waals surface area contributed by atoms with Gasteiger partial charge in [-0.3, -0.25) is 24.4 Å². The van der Waals surface area contributed by atoms with Crippen LogP contribution in [-0.4, -0.2) is 101 Å². The van der Waals surface area contributed by atoms with Crippen molar-refractivity contribution >= 4 is 40.0 Å². The Bertz CT molecular complexity index is 2170. The van der Waals surface area contributed by atoms with Crippen molar-refractivity contribution in [3.05, 3.63) is 58.2 Å². The summed E-state index contributed by atoms with van der Waals surface area (Å²) in [5.41, 5.74) is 9.47. The summed E-state index contributed by atoms with van der Waals surface area (Å²) >= 11 is 1.42. The SMILES string of the molecule is CCn1c(-c2cccnc2[C@H](C)OC)c2c3cc(ccc31)-c1csc(n1)[C@@H](OCC(C)N(C)C)[C@H](NC(=O)[C@H]1[C@H](C)[C@@H]1C)C(=O)N1CCC[C@H](N1)C(=O)OCC(C)(C)C2. The van der Waals surface area contributed by atoms with Gasteiger partial charge in [0, 0.05) is 71.2 Å². The molecule has 14 heteroatoms. The second kappa shape index (κ2) is 17.4. The lowest BCUT2D eigenvalue weighted by Crippen LogP contribution is -2.61. The van der Waals surface area contributed by atoms with Crippen LogP contribution in [0.1, 0.15) is 89.8 Å². The number of fused-ring (bicyclic) bond motifs is 6. The molecule has 6 bridgehead atoms. The van der Waals surface area contributed by atoms with Gasteiger partial charge < -0.3 is 29.0 Å². The van der Waals surface area contributed by atoms with E-state index in [1.54, 1.807) is 13.3 Å². The van der Waals surface area contributed by atoms with Gasteiger partial charge >= 0.3 is 5.97 Å². The molecule has 1 unspecified atom stereocenters. The number of thiazole rings is 1. The molecule has 1 aromatic carbocycles. The molecule has 2 amide bonds. The minimum Gasteiger partial charge on any atom is -0.464 e. The molecule has 13 nitrogen and oxygen atoms in total. The molecule has 1 aliphatic carbocycles. The first-order chi connectivity index (χ1) is 28.1. The Balaban J connectivity index is 1.40. The number of hydrogen-bond acceptors (Lipinski definition) is 11. The lowest BCUT2D eigenvalue weighted by molar-refractivity contribution is -0.157. The number of benzene rings is 1. The summed E-state index contributed by atoms with van der Waals surface area (Å²) in [5, 5.41) is 8.26. The predicted molar refractivity (Wildman–Crippen MR) is 229 cm³/mol. The lowest BCUT2D eigenvalue weighted by Gasteiger charge is -2.37. The Labute approximate surface area is 352 Å². The summed E-state index contributed by atoms with van der Waals surface area (Å²) in [5.74, 6) is -0.775. The molecule has 1 saturated carbocycles. The Morgan fingerprint density at radius 1 is 1.17 bits per heavy atom. The number of cyclic esters (lactones) is 1. The van der Waals surface area contributed by atoms with Gasteiger partial charge in [-0.1, -0.05) is 33.8 Å². The van der Waals surface area contributed by atoms with Crippen molar-refractivity contribution in [2.75, 3.05) is 41.0 Å². The maximum absolute atomic E-state index is 14.8. The molecule has 2 fully saturated rings. The van der Waals surface area contributed by atoms with Crippen LogP contribution in [0.5, 0.6) is 0 Å². The normalized spacial score (nSPS) is 25.7. The van der Waals surface area contributed by atoms with E-state index in [-0.39, 0.29) is 48.3 Å². The summed E-state index contributed by atoms with van der Waals surface area (Å²) in [6.07, 6.45) is 2.35. The van der Waals surface area contributed by atoms with Crippen molar-refractivity contribution in [1.29, 1.82) is 0 Å². The Morgan fingerprint density at radius 2 is 1.93 bits per heavy atom. The number of likely N-dealkylation sites (N-methyl/N-ethyl adjacent to an activating group) is 1. The number of pyridine rings is 1. The molecular formula is C45H61N7O6S. The number of nitrogens with one attached hydrogen (secondary N) is 2. The van der Waals surface area contributed by atoms with Crippen LogP contribution in [0.15, 0.2) is 41.9 Å². The molecule has 59 heavy (non-hydrogen) atoms. The molecule has 0 radical (unpaired) electrons. The third kappa shape index (κ3) is 8.70. The zero-order valence-corrected chi connectivity index (χ0v) is 37.0. The van der Waals surface area contributed by atoms with Crippen molar-refractivity contribution in [3.8, 4) is 22.5 Å². The Hall–Kier alpha value is -4.21. The first-order valence-corrected chi connectivity index (χ1v) is 21.9. The zero-order valence-electron chi connectivity index (χ0n) is 36.2. The number of aromatic nitrogens is 3. The molecule has 3 aliphatic rings. The van der Waals surface area contributed by atoms with Gasteiger partial charge in [-0.2, -0.15) is 0 Å². The van der Waals surface area contributed by atoms with Crippen LogP contribution in [-0.2, 0) is 41.6 Å². The van der Waals surface area contributed by atoms with Crippen molar-refractivity contribution < 1.29 is 28.6 Å². The lowest BCUT2D eigenvalue weighted by atomic mass is 9.84. The maximum atomic E-state index is 14.8. The fraction of sp³-hybridized carbons (Fsp3) is 0.578. The van der Waals surface area contributed by atoms with Crippen LogP contribution in [0.4, 0.5) is 0 Å². The first kappa shape index (κ1) is 42.9. The number of rotatable bonds is 10. The van der Waals surface area contributed by atoms with Crippen LogP contribution in [0.2, 0.25) is 0 Å². The van der Waals surface area contributed by atoms with Gasteiger partial charge in [0.05, 0.1) is 36.4 Å². The summed E-state index contributed by atoms with van der Waals surface area (Å²) < 4.78 is 21.0. The monoisotopic (exact) mass is 827 g/mol. The number of nitrogens with zero attached hydrogens (tertiary/aromatic N) is 5. The van der Waals surface area contributed by atoms with Crippen molar-refractivity contribution in [1.82, 2.24) is 35.2 Å². The number of aryl methyl sites for hydroxylation is 1. The number of amides is 2. The average Bonchev–Trinajstić information content (AvgIpc) is 3.50. The Morgan fingerprint density at radius 3 is 2.63 bits per heavy atom. The summed E-state index contributed by atoms with van der Waals surface area (Å²) in [6, 6.07) is 8.69. The molecule has 0 spiro atoms. The third-order valence-electron chi connectivity index (χ3n) is 12.8. The van der Waals surface area contributed by atoms with Gasteiger partial charge in [-0.05, 0) is 95.8 Å². The summed E-state index contributed by atoms with van der Waals surface area (Å²) in [7, 11) is 5.66. The highest BCUT2D eigenvalue weighted by atomic mass is 32.1. The highest BCUT2D eigenvalue weighted by molar-refractivity contribution is 7.10. The third-order valence-corrected chi connectivity index (χ3v) is 13.7. The second-order valence-corrected chi connectivity index (χ2v) is 18.6. The first-order valence-electron chi connectivity index (χ1n) is 21.1. The molecule has 5 heterocycles. The van der Waals surface area contributed by atoms with Gasteiger partial charge in [0.2, 0.25) is 5.91 Å². The smallest absolute Gasteiger partial charge is 0.324 e. The summed E-state index contributed by atoms with van der Waals surface area (Å²) in [6.45, 7) is 16.1. The number of carbonyl (C=O) groups is 3. The average molecular weight is 828 g/mol. The fourth-order valence-corrected chi connectivity index (χ4v) is 9.45. The second-order valence-electron chi connectivity index (χ2n) is 17.7. The van der Waals surface area contributed by atoms with Crippen LogP contribution in [0, 0.1) is 23.2 Å². The van der Waals surface area contributed by atoms with Crippen LogP contribution in [0.25, 0.3) is 33.4 Å². The van der Waals surface area contributed by atoms with E-state index in [1.807, 2.05) is 32.5 Å². The number of hydrogen-bond donors (Lipinski definition) is 2. The minimum absolute atomic E-state index is 0.0127. The van der Waals surface area contributed by atoms with E-state index >= 15 is 0 Å². The number of hydrazine groups is 1. The van der Waals surface area contributed by atoms with E-state index in [1.165, 1.54) is 16.3 Å². The van der Waals surface area contributed by atoms with Gasteiger partial charge in [-0.15, -0.1) is 11.3 Å². The number of methoxy groups -OCH3 is 1. The van der Waals surface area contributed by atoms with E-state index in [0.717, 1.165) is 44.7 Å². The molecule has 8 atom stereocenters. The predicted octanol–water partition coefficient (Wildman–Crippen LogP) is 6.57. The molecule has 1 saturated heterocycles. The largest absolute Gasteiger partial charge is 0.464 e. The standard InChI is InChI=1S/C45H61N7O6S/c1-11-51-35-17-16-29-20-31(35)32(39(51)30-14-12-18-46-37(30)28(5)56-10)21-45(6,7)24-58-44(55)33-15-13-19-52(49-33)43(54)38(48-41(53)36-26(3)27(36)4)40(42-47-34(29)23-59-42)57-22-25(2)50(8)9/h12,14,16-18,20,23,25-28,33,36,38,40,49H,11,13,15,19,21-22,24H2,1-10H3,(H,48,53)/t25?,26-,27+,28-,33-,36+,38-,40-/m0/s1. The van der Waals surface area contributed by atoms with E-state index in [4.69, 9.17) is 24.2 Å². The molecule has 2 N–H and O–H groups in total. The maximum Gasteiger partial charge on any atom is 0.324 e. The fourth-order valence-electron chi connectivity index (χ4n) is 8.54. The zero-order chi connectivity index (χ0) is 42.3. The van der Waals surface area contributed by atoms with Gasteiger partial charge in [0.1, 0.15) is 23.2 Å². The highest BCUT2D eigenvalue weighted by Gasteiger charge is 2.50. The molecular weight excluding hydrogens is 767 g/mol. The van der Waals surface area contributed by atoms with Crippen LogP contribution >= 0.6 is 11.3 Å². The molecule has 318 valence electrons. The van der Waals surface area contributed by atoms with Crippen LogP contribution in [0.3, 0.4) is 0 Å². The molecule has 4 aromatic rings. The van der Waals surface area contributed by atoms with Crippen molar-refractivity contribution in [2.45, 2.75) is 105 Å². The van der Waals surface area contributed by atoms with E-state index in [2.05, 4.69) is 86.0 Å². The highest BCUT2D eigenvalue weighted by Crippen LogP contribution is 2.46. The van der Waals surface area contributed by atoms with E-state index in [0.29, 0.717) is 44.0 Å². The topological polar surface area (TPSA) is 140 Å². The quantitative estimate of drug-likeness (QED) is 0.169. The van der Waals surface area contributed by atoms with Gasteiger partial charge in [-0.25, -0.2) is 10.4 Å². The van der Waals surface area contributed by atoms with Crippen molar-refractivity contribution in [2.24, 2.45) is 23.2 Å². The van der Waals surface area contributed by atoms with Crippen molar-refractivity contribution in [3.63, 3.8) is 0 Å². The van der Waals surface area contributed by atoms with Gasteiger partial charge in [0.15, 0.2) is 0 Å². The molecule has 3 aromatic heterocycles. The number of carbonyl (C=O) groups excluding carboxylic acids is 3. The number of ether oxygens (including phenoxy) is 3.